The summed E-state index contributed by atoms with van der Waals surface area (Å²) in [5.74, 6) is -0.353. The number of allylic oxidation sites excluding steroid dienone is 4. The third-order valence-corrected chi connectivity index (χ3v) is 0.792. The van der Waals surface area contributed by atoms with Gasteiger partial charge in [-0.3, -0.25) is 0 Å². The van der Waals surface area contributed by atoms with Gasteiger partial charge < -0.3 is 4.74 Å². The molecule has 0 radical (unpaired) electrons. The fourth-order valence-corrected chi connectivity index (χ4v) is 0.345. The number of esters is 1. The highest BCUT2D eigenvalue weighted by molar-refractivity contribution is 5.82. The zero-order valence-electron chi connectivity index (χ0n) is 5.91. The summed E-state index contributed by atoms with van der Waals surface area (Å²) in [4.78, 5) is 10.4. The Balaban J connectivity index is 3.65. The second kappa shape index (κ2) is 5.82. The third kappa shape index (κ3) is 4.84. The van der Waals surface area contributed by atoms with Crippen LogP contribution in [0.2, 0.25) is 0 Å². The van der Waals surface area contributed by atoms with Crippen LogP contribution in [-0.2, 0) is 9.53 Å². The van der Waals surface area contributed by atoms with Crippen LogP contribution in [0.1, 0.15) is 0 Å². The molecule has 0 rings (SSSR count). The second-order valence-electron chi connectivity index (χ2n) is 1.50. The van der Waals surface area contributed by atoms with E-state index in [4.69, 9.17) is 0 Å². The molecule has 10 heavy (non-hydrogen) atoms. The summed E-state index contributed by atoms with van der Waals surface area (Å²) >= 11 is 0. The van der Waals surface area contributed by atoms with Gasteiger partial charge in [-0.1, -0.05) is 30.9 Å². The molecule has 2 nitrogen and oxygen atoms in total. The second-order valence-corrected chi connectivity index (χ2v) is 1.50. The Labute approximate surface area is 60.5 Å². The molecule has 2 heteroatoms. The van der Waals surface area contributed by atoms with Gasteiger partial charge in [0, 0.05) is 6.08 Å². The number of hydrogen-bond acceptors (Lipinski definition) is 2. The first-order chi connectivity index (χ1) is 4.81. The van der Waals surface area contributed by atoms with Crippen LogP contribution in [0, 0.1) is 0 Å². The molecule has 0 aromatic carbocycles. The van der Waals surface area contributed by atoms with E-state index in [1.807, 2.05) is 0 Å². The van der Waals surface area contributed by atoms with Gasteiger partial charge in [0.25, 0.3) is 0 Å². The summed E-state index contributed by atoms with van der Waals surface area (Å²) in [6.45, 7) is 3.46. The van der Waals surface area contributed by atoms with Crippen molar-refractivity contribution in [3.05, 3.63) is 37.0 Å². The smallest absolute Gasteiger partial charge is 0.330 e. The summed E-state index contributed by atoms with van der Waals surface area (Å²) in [6.07, 6.45) is 7.97. The molecular weight excluding hydrogens is 128 g/mol. The zero-order chi connectivity index (χ0) is 7.82. The van der Waals surface area contributed by atoms with Gasteiger partial charge in [-0.05, 0) is 0 Å². The van der Waals surface area contributed by atoms with Gasteiger partial charge >= 0.3 is 5.97 Å². The molecule has 0 aliphatic carbocycles. The van der Waals surface area contributed by atoms with Crippen LogP contribution in [0.15, 0.2) is 37.0 Å². The molecule has 0 bridgehead atoms. The Hall–Kier alpha value is -1.31. The van der Waals surface area contributed by atoms with Crippen LogP contribution in [0.4, 0.5) is 0 Å². The molecule has 0 aliphatic rings. The lowest BCUT2D eigenvalue weighted by molar-refractivity contribution is -0.134. The highest BCUT2D eigenvalue weighted by Gasteiger charge is 1.85. The molecule has 0 saturated heterocycles. The number of carbonyl (C=O) groups is 1. The maximum Gasteiger partial charge on any atom is 0.330 e. The summed E-state index contributed by atoms with van der Waals surface area (Å²) in [5.41, 5.74) is 0. The predicted molar refractivity (Wildman–Crippen MR) is 40.5 cm³/mol. The van der Waals surface area contributed by atoms with E-state index in [2.05, 4.69) is 11.3 Å². The summed E-state index contributed by atoms with van der Waals surface area (Å²) in [7, 11) is 1.34. The van der Waals surface area contributed by atoms with Gasteiger partial charge in [0.1, 0.15) is 0 Å². The van der Waals surface area contributed by atoms with Crippen molar-refractivity contribution in [1.82, 2.24) is 0 Å². The SMILES string of the molecule is C=CC=CC=CC(=O)OC. The summed E-state index contributed by atoms with van der Waals surface area (Å²) in [6, 6.07) is 0. The zero-order valence-corrected chi connectivity index (χ0v) is 5.91. The van der Waals surface area contributed by atoms with Gasteiger partial charge in [0.2, 0.25) is 0 Å². The quantitative estimate of drug-likeness (QED) is 0.335. The van der Waals surface area contributed by atoms with E-state index < -0.39 is 0 Å². The molecule has 0 amide bonds. The maximum atomic E-state index is 10.4. The third-order valence-electron chi connectivity index (χ3n) is 0.792. The lowest BCUT2D eigenvalue weighted by atomic mass is 10.4. The van der Waals surface area contributed by atoms with Crippen molar-refractivity contribution in [3.8, 4) is 0 Å². The van der Waals surface area contributed by atoms with Crippen molar-refractivity contribution in [2.75, 3.05) is 7.11 Å². The first-order valence-corrected chi connectivity index (χ1v) is 2.85. The maximum absolute atomic E-state index is 10.4. The summed E-state index contributed by atoms with van der Waals surface area (Å²) < 4.78 is 4.34. The molecular formula is C8H10O2. The first kappa shape index (κ1) is 8.69. The van der Waals surface area contributed by atoms with Crippen molar-refractivity contribution in [2.45, 2.75) is 0 Å². The average molecular weight is 138 g/mol. The van der Waals surface area contributed by atoms with Crippen LogP contribution in [0.3, 0.4) is 0 Å². The molecule has 54 valence electrons. The number of methoxy groups -OCH3 is 1. The fraction of sp³-hybridized carbons (Fsp3) is 0.125. The number of ether oxygens (including phenoxy) is 1. The average Bonchev–Trinajstić information content (AvgIpc) is 1.98. The van der Waals surface area contributed by atoms with Crippen molar-refractivity contribution in [3.63, 3.8) is 0 Å². The van der Waals surface area contributed by atoms with Gasteiger partial charge in [0.05, 0.1) is 7.11 Å². The van der Waals surface area contributed by atoms with Crippen molar-refractivity contribution >= 4 is 5.97 Å². The van der Waals surface area contributed by atoms with E-state index >= 15 is 0 Å². The Morgan fingerprint density at radius 3 is 2.60 bits per heavy atom. The molecule has 0 spiro atoms. The molecule has 0 aromatic rings. The number of rotatable bonds is 3. The topological polar surface area (TPSA) is 26.3 Å². The Morgan fingerprint density at radius 2 is 2.10 bits per heavy atom. The lowest BCUT2D eigenvalue weighted by Crippen LogP contribution is -1.92. The molecule has 0 aromatic heterocycles. The predicted octanol–water partition coefficient (Wildman–Crippen LogP) is 1.46. The van der Waals surface area contributed by atoms with Crippen LogP contribution >= 0.6 is 0 Å². The minimum atomic E-state index is -0.353. The largest absolute Gasteiger partial charge is 0.466 e. The highest BCUT2D eigenvalue weighted by Crippen LogP contribution is 1.80. The van der Waals surface area contributed by atoms with E-state index in [0.717, 1.165) is 0 Å². The Kier molecular flexibility index (Phi) is 5.06. The van der Waals surface area contributed by atoms with Crippen LogP contribution in [-0.4, -0.2) is 13.1 Å². The van der Waals surface area contributed by atoms with Gasteiger partial charge in [-0.25, -0.2) is 4.79 Å². The van der Waals surface area contributed by atoms with Crippen molar-refractivity contribution in [1.29, 1.82) is 0 Å². The molecule has 0 aliphatic heterocycles. The lowest BCUT2D eigenvalue weighted by Gasteiger charge is -1.85. The minimum Gasteiger partial charge on any atom is -0.466 e. The molecule has 0 N–H and O–H groups in total. The molecule has 0 saturated carbocycles. The van der Waals surface area contributed by atoms with Crippen molar-refractivity contribution < 1.29 is 9.53 Å². The van der Waals surface area contributed by atoms with Gasteiger partial charge in [0.15, 0.2) is 0 Å². The number of hydrogen-bond donors (Lipinski definition) is 0. The van der Waals surface area contributed by atoms with Crippen LogP contribution in [0.5, 0.6) is 0 Å². The highest BCUT2D eigenvalue weighted by atomic mass is 16.5. The van der Waals surface area contributed by atoms with Crippen LogP contribution in [0.25, 0.3) is 0 Å². The molecule has 0 unspecified atom stereocenters. The normalized spacial score (nSPS) is 10.5. The molecule has 0 fully saturated rings. The molecule has 0 heterocycles. The van der Waals surface area contributed by atoms with E-state index in [0.29, 0.717) is 0 Å². The monoisotopic (exact) mass is 138 g/mol. The van der Waals surface area contributed by atoms with E-state index in [1.165, 1.54) is 13.2 Å². The standard InChI is InChI=1S/C8H10O2/c1-3-4-5-6-7-8(9)10-2/h3-7H,1H2,2H3. The Bertz CT molecular complexity index is 166. The van der Waals surface area contributed by atoms with Crippen molar-refractivity contribution in [2.24, 2.45) is 0 Å². The van der Waals surface area contributed by atoms with E-state index in [1.54, 1.807) is 24.3 Å². The minimum absolute atomic E-state index is 0.353. The summed E-state index contributed by atoms with van der Waals surface area (Å²) in [5, 5.41) is 0. The molecule has 0 atom stereocenters. The number of carbonyl (C=O) groups excluding carboxylic acids is 1. The van der Waals surface area contributed by atoms with Gasteiger partial charge in [-0.15, -0.1) is 0 Å². The Morgan fingerprint density at radius 1 is 1.40 bits per heavy atom. The van der Waals surface area contributed by atoms with E-state index in [-0.39, 0.29) is 5.97 Å². The van der Waals surface area contributed by atoms with Gasteiger partial charge in [-0.2, -0.15) is 0 Å². The van der Waals surface area contributed by atoms with E-state index in [9.17, 15) is 4.79 Å². The first-order valence-electron chi connectivity index (χ1n) is 2.85. The fourth-order valence-electron chi connectivity index (χ4n) is 0.345. The van der Waals surface area contributed by atoms with Crippen LogP contribution < -0.4 is 0 Å².